The van der Waals surface area contributed by atoms with Crippen molar-refractivity contribution in [2.75, 3.05) is 13.1 Å². The van der Waals surface area contributed by atoms with Crippen molar-refractivity contribution in [3.05, 3.63) is 59.4 Å². The van der Waals surface area contributed by atoms with Crippen molar-refractivity contribution in [1.29, 1.82) is 0 Å². The summed E-state index contributed by atoms with van der Waals surface area (Å²) in [7, 11) is 0. The summed E-state index contributed by atoms with van der Waals surface area (Å²) in [5.41, 5.74) is 3.56. The van der Waals surface area contributed by atoms with Crippen LogP contribution in [0.3, 0.4) is 0 Å². The predicted molar refractivity (Wildman–Crippen MR) is 125 cm³/mol. The Morgan fingerprint density at radius 1 is 1.09 bits per heavy atom. The second-order valence-corrected chi connectivity index (χ2v) is 9.18. The van der Waals surface area contributed by atoms with E-state index in [2.05, 4.69) is 15.2 Å². The SMILES string of the molecule is Cc1nc2ccccc2n1-c1ccc(C(=O)NC2CCN(C3CCCC3)CC2)cc1CF. The molecule has 1 aromatic heterocycles. The molecule has 2 aromatic carbocycles. The number of rotatable bonds is 5. The van der Waals surface area contributed by atoms with Crippen molar-refractivity contribution in [3.8, 4) is 5.69 Å². The summed E-state index contributed by atoms with van der Waals surface area (Å²) >= 11 is 0. The van der Waals surface area contributed by atoms with E-state index in [-0.39, 0.29) is 11.9 Å². The van der Waals surface area contributed by atoms with Gasteiger partial charge < -0.3 is 10.2 Å². The molecule has 1 amide bonds. The molecular formula is C26H31FN4O. The van der Waals surface area contributed by atoms with Gasteiger partial charge in [-0.1, -0.05) is 25.0 Å². The number of likely N-dealkylation sites (tertiary alicyclic amines) is 1. The summed E-state index contributed by atoms with van der Waals surface area (Å²) in [5.74, 6) is 0.685. The van der Waals surface area contributed by atoms with Gasteiger partial charge in [-0.05, 0) is 62.9 Å². The number of imidazole rings is 1. The average molecular weight is 435 g/mol. The Balaban J connectivity index is 1.30. The van der Waals surface area contributed by atoms with E-state index in [1.165, 1.54) is 25.7 Å². The summed E-state index contributed by atoms with van der Waals surface area (Å²) < 4.78 is 16.0. The van der Waals surface area contributed by atoms with E-state index in [9.17, 15) is 9.18 Å². The van der Waals surface area contributed by atoms with Crippen LogP contribution < -0.4 is 5.32 Å². The molecule has 2 fully saturated rings. The van der Waals surface area contributed by atoms with Crippen LogP contribution in [0.15, 0.2) is 42.5 Å². The maximum atomic E-state index is 14.0. The number of carbonyl (C=O) groups excluding carboxylic acids is 1. The molecule has 1 N–H and O–H groups in total. The van der Waals surface area contributed by atoms with Gasteiger partial charge in [0.1, 0.15) is 12.5 Å². The van der Waals surface area contributed by atoms with E-state index in [1.54, 1.807) is 12.1 Å². The van der Waals surface area contributed by atoms with E-state index < -0.39 is 6.67 Å². The highest BCUT2D eigenvalue weighted by atomic mass is 19.1. The number of para-hydroxylation sites is 2. The Morgan fingerprint density at radius 3 is 2.59 bits per heavy atom. The van der Waals surface area contributed by atoms with Crippen LogP contribution in [0.4, 0.5) is 4.39 Å². The van der Waals surface area contributed by atoms with Gasteiger partial charge in [0.2, 0.25) is 0 Å². The predicted octanol–water partition coefficient (Wildman–Crippen LogP) is 4.94. The van der Waals surface area contributed by atoms with Gasteiger partial charge >= 0.3 is 0 Å². The largest absolute Gasteiger partial charge is 0.349 e. The number of nitrogens with zero attached hydrogens (tertiary/aromatic N) is 3. The Hall–Kier alpha value is -2.73. The number of piperidine rings is 1. The molecule has 0 unspecified atom stereocenters. The lowest BCUT2D eigenvalue weighted by Crippen LogP contribution is -2.47. The highest BCUT2D eigenvalue weighted by Gasteiger charge is 2.28. The molecular weight excluding hydrogens is 403 g/mol. The van der Waals surface area contributed by atoms with E-state index in [4.69, 9.17) is 0 Å². The van der Waals surface area contributed by atoms with Gasteiger partial charge in [0.05, 0.1) is 16.7 Å². The topological polar surface area (TPSA) is 50.2 Å². The monoisotopic (exact) mass is 434 g/mol. The fraction of sp³-hybridized carbons (Fsp3) is 0.462. The lowest BCUT2D eigenvalue weighted by Gasteiger charge is -2.36. The molecule has 0 radical (unpaired) electrons. The van der Waals surface area contributed by atoms with Crippen LogP contribution in [-0.2, 0) is 6.67 Å². The molecule has 2 heterocycles. The number of amides is 1. The van der Waals surface area contributed by atoms with Gasteiger partial charge in [-0.15, -0.1) is 0 Å². The summed E-state index contributed by atoms with van der Waals surface area (Å²) in [6.45, 7) is 3.39. The number of aryl methyl sites for hydroxylation is 1. The van der Waals surface area contributed by atoms with Gasteiger partial charge in [0.15, 0.2) is 0 Å². The van der Waals surface area contributed by atoms with Gasteiger partial charge in [0, 0.05) is 36.3 Å². The summed E-state index contributed by atoms with van der Waals surface area (Å²) in [4.78, 5) is 20.1. The second kappa shape index (κ2) is 9.02. The maximum Gasteiger partial charge on any atom is 0.251 e. The number of alkyl halides is 1. The van der Waals surface area contributed by atoms with E-state index >= 15 is 0 Å². The van der Waals surface area contributed by atoms with Crippen molar-refractivity contribution in [2.45, 2.75) is 64.2 Å². The van der Waals surface area contributed by atoms with Crippen LogP contribution in [0.1, 0.15) is 60.3 Å². The minimum atomic E-state index is -0.637. The number of halogens is 1. The van der Waals surface area contributed by atoms with Crippen molar-refractivity contribution >= 4 is 16.9 Å². The summed E-state index contributed by atoms with van der Waals surface area (Å²) in [6, 6.07) is 14.1. The van der Waals surface area contributed by atoms with Gasteiger partial charge in [-0.25, -0.2) is 9.37 Å². The minimum Gasteiger partial charge on any atom is -0.349 e. The Labute approximate surface area is 188 Å². The molecule has 0 bridgehead atoms. The first-order valence-electron chi connectivity index (χ1n) is 11.8. The molecule has 5 nitrogen and oxygen atoms in total. The van der Waals surface area contributed by atoms with Crippen molar-refractivity contribution in [1.82, 2.24) is 19.8 Å². The molecule has 3 aromatic rings. The Bertz CT molecular complexity index is 1110. The van der Waals surface area contributed by atoms with Crippen LogP contribution in [-0.4, -0.2) is 45.5 Å². The third kappa shape index (κ3) is 4.04. The number of benzene rings is 2. The number of carbonyl (C=O) groups is 1. The standard InChI is InChI=1S/C26H31FN4O/c1-18-28-23-8-4-5-9-25(23)31(18)24-11-10-19(16-20(24)17-27)26(32)29-21-12-14-30(15-13-21)22-6-2-3-7-22/h4-5,8-11,16,21-22H,2-3,6-7,12-15,17H2,1H3,(H,29,32). The lowest BCUT2D eigenvalue weighted by atomic mass is 10.0. The molecule has 1 saturated heterocycles. The fourth-order valence-electron chi connectivity index (χ4n) is 5.45. The smallest absolute Gasteiger partial charge is 0.251 e. The molecule has 168 valence electrons. The quantitative estimate of drug-likeness (QED) is 0.619. The van der Waals surface area contributed by atoms with Crippen molar-refractivity contribution < 1.29 is 9.18 Å². The summed E-state index contributed by atoms with van der Waals surface area (Å²) in [6.07, 6.45) is 7.31. The van der Waals surface area contributed by atoms with Gasteiger partial charge in [-0.3, -0.25) is 9.36 Å². The Kier molecular flexibility index (Phi) is 5.96. The van der Waals surface area contributed by atoms with E-state index in [0.717, 1.165) is 54.5 Å². The lowest BCUT2D eigenvalue weighted by molar-refractivity contribution is 0.0892. The van der Waals surface area contributed by atoms with Gasteiger partial charge in [0.25, 0.3) is 5.91 Å². The minimum absolute atomic E-state index is 0.113. The third-order valence-corrected chi connectivity index (χ3v) is 7.16. The first-order valence-corrected chi connectivity index (χ1v) is 11.8. The number of hydrogen-bond donors (Lipinski definition) is 1. The molecule has 32 heavy (non-hydrogen) atoms. The number of nitrogens with one attached hydrogen (secondary N) is 1. The van der Waals surface area contributed by atoms with Crippen LogP contribution in [0, 0.1) is 6.92 Å². The fourth-order valence-corrected chi connectivity index (χ4v) is 5.45. The first-order chi connectivity index (χ1) is 15.6. The number of hydrogen-bond acceptors (Lipinski definition) is 3. The van der Waals surface area contributed by atoms with Crippen LogP contribution >= 0.6 is 0 Å². The normalized spacial score (nSPS) is 18.4. The van der Waals surface area contributed by atoms with Crippen molar-refractivity contribution in [3.63, 3.8) is 0 Å². The number of fused-ring (bicyclic) bond motifs is 1. The average Bonchev–Trinajstić information content (AvgIpc) is 3.46. The van der Waals surface area contributed by atoms with Crippen LogP contribution in [0.25, 0.3) is 16.7 Å². The zero-order chi connectivity index (χ0) is 22.1. The Morgan fingerprint density at radius 2 is 1.84 bits per heavy atom. The second-order valence-electron chi connectivity index (χ2n) is 9.18. The maximum absolute atomic E-state index is 14.0. The highest BCUT2D eigenvalue weighted by Crippen LogP contribution is 2.27. The number of aromatic nitrogens is 2. The third-order valence-electron chi connectivity index (χ3n) is 7.16. The molecule has 1 aliphatic heterocycles. The first kappa shape index (κ1) is 21.1. The molecule has 1 saturated carbocycles. The van der Waals surface area contributed by atoms with Crippen molar-refractivity contribution in [2.24, 2.45) is 0 Å². The zero-order valence-corrected chi connectivity index (χ0v) is 18.7. The van der Waals surface area contributed by atoms with E-state index in [1.807, 2.05) is 41.8 Å². The molecule has 0 atom stereocenters. The highest BCUT2D eigenvalue weighted by molar-refractivity contribution is 5.95. The zero-order valence-electron chi connectivity index (χ0n) is 18.7. The van der Waals surface area contributed by atoms with Gasteiger partial charge in [-0.2, -0.15) is 0 Å². The molecule has 0 spiro atoms. The molecule has 1 aliphatic carbocycles. The summed E-state index contributed by atoms with van der Waals surface area (Å²) in [5, 5.41) is 3.19. The molecule has 5 rings (SSSR count). The molecule has 6 heteroatoms. The van der Waals surface area contributed by atoms with Crippen LogP contribution in [0.2, 0.25) is 0 Å². The molecule has 2 aliphatic rings. The van der Waals surface area contributed by atoms with E-state index in [0.29, 0.717) is 11.1 Å². The van der Waals surface area contributed by atoms with Crippen LogP contribution in [0.5, 0.6) is 0 Å².